The van der Waals surface area contributed by atoms with Crippen LogP contribution in [0.3, 0.4) is 0 Å². The van der Waals surface area contributed by atoms with E-state index in [1.54, 1.807) is 0 Å². The largest absolute Gasteiger partial charge is 0.316 e. The van der Waals surface area contributed by atoms with Gasteiger partial charge >= 0.3 is 0 Å². The molecule has 2 aromatic heterocycles. The van der Waals surface area contributed by atoms with E-state index in [-0.39, 0.29) is 11.8 Å². The van der Waals surface area contributed by atoms with E-state index in [4.69, 9.17) is 0 Å². The lowest BCUT2D eigenvalue weighted by molar-refractivity contribution is -0.119. The van der Waals surface area contributed by atoms with Crippen LogP contribution in [0, 0.1) is 5.92 Å². The smallest absolute Gasteiger partial charge is 0.230 e. The van der Waals surface area contributed by atoms with Gasteiger partial charge in [0.25, 0.3) is 0 Å². The van der Waals surface area contributed by atoms with Crippen LogP contribution in [0.2, 0.25) is 0 Å². The van der Waals surface area contributed by atoms with Crippen molar-refractivity contribution in [2.75, 3.05) is 18.4 Å². The Morgan fingerprint density at radius 3 is 3.12 bits per heavy atom. The van der Waals surface area contributed by atoms with E-state index in [0.717, 1.165) is 47.4 Å². The van der Waals surface area contributed by atoms with Crippen LogP contribution in [0.4, 0.5) is 5.13 Å². The van der Waals surface area contributed by atoms with Gasteiger partial charge in [0.2, 0.25) is 5.91 Å². The highest BCUT2D eigenvalue weighted by atomic mass is 32.1. The molecule has 124 valence electrons. The molecule has 1 fully saturated rings. The minimum Gasteiger partial charge on any atom is -0.316 e. The molecule has 3 aromatic rings. The van der Waals surface area contributed by atoms with Gasteiger partial charge in [0.15, 0.2) is 5.13 Å². The van der Waals surface area contributed by atoms with Gasteiger partial charge in [-0.2, -0.15) is 5.10 Å². The molecule has 4 rings (SSSR count). The predicted molar refractivity (Wildman–Crippen MR) is 96.1 cm³/mol. The number of thiazole rings is 1. The summed E-state index contributed by atoms with van der Waals surface area (Å²) in [5, 5.41) is 11.2. The van der Waals surface area contributed by atoms with E-state index in [0.29, 0.717) is 5.13 Å². The molecule has 7 heteroatoms. The van der Waals surface area contributed by atoms with Gasteiger partial charge in [-0.05, 0) is 37.6 Å². The molecular weight excluding hydrogens is 322 g/mol. The van der Waals surface area contributed by atoms with Gasteiger partial charge in [-0.3, -0.25) is 9.48 Å². The highest BCUT2D eigenvalue weighted by Crippen LogP contribution is 2.30. The number of anilines is 1. The zero-order valence-electron chi connectivity index (χ0n) is 13.5. The second kappa shape index (κ2) is 6.33. The summed E-state index contributed by atoms with van der Waals surface area (Å²) < 4.78 is 2.98. The number of aromatic nitrogens is 3. The van der Waals surface area contributed by atoms with E-state index in [9.17, 15) is 4.79 Å². The van der Waals surface area contributed by atoms with Crippen molar-refractivity contribution < 1.29 is 4.79 Å². The number of hydrogen-bond acceptors (Lipinski definition) is 5. The van der Waals surface area contributed by atoms with Crippen LogP contribution in [-0.4, -0.2) is 33.8 Å². The SMILES string of the molecule is CCn1cc(-c2ccc3nc(NC(=O)C4CCNC4)sc3c2)cn1. The summed E-state index contributed by atoms with van der Waals surface area (Å²) in [6, 6.07) is 6.15. The molecule has 1 aromatic carbocycles. The summed E-state index contributed by atoms with van der Waals surface area (Å²) >= 11 is 1.52. The molecule has 1 atom stereocenters. The average molecular weight is 341 g/mol. The second-order valence-electron chi connectivity index (χ2n) is 5.97. The number of amides is 1. The number of fused-ring (bicyclic) bond motifs is 1. The maximum absolute atomic E-state index is 12.2. The lowest BCUT2D eigenvalue weighted by Gasteiger charge is -2.06. The first-order valence-corrected chi connectivity index (χ1v) is 8.99. The van der Waals surface area contributed by atoms with Crippen LogP contribution in [0.25, 0.3) is 21.3 Å². The van der Waals surface area contributed by atoms with Gasteiger partial charge in [0, 0.05) is 24.8 Å². The number of aryl methyl sites for hydroxylation is 1. The van der Waals surface area contributed by atoms with Crippen LogP contribution < -0.4 is 10.6 Å². The number of benzene rings is 1. The van der Waals surface area contributed by atoms with Crippen molar-refractivity contribution in [2.45, 2.75) is 19.9 Å². The fourth-order valence-corrected chi connectivity index (χ4v) is 3.84. The zero-order chi connectivity index (χ0) is 16.5. The molecule has 0 bridgehead atoms. The molecule has 1 aliphatic rings. The van der Waals surface area contributed by atoms with Crippen LogP contribution >= 0.6 is 11.3 Å². The Bertz CT molecular complexity index is 878. The summed E-state index contributed by atoms with van der Waals surface area (Å²) in [5.41, 5.74) is 3.12. The standard InChI is InChI=1S/C17H19N5OS/c1-2-22-10-13(9-19-22)11-3-4-14-15(7-11)24-17(20-14)21-16(23)12-5-6-18-8-12/h3-4,7,9-10,12,18H,2,5-6,8H2,1H3,(H,20,21,23). The lowest BCUT2D eigenvalue weighted by atomic mass is 10.1. The van der Waals surface area contributed by atoms with E-state index >= 15 is 0 Å². The first kappa shape index (κ1) is 15.3. The minimum absolute atomic E-state index is 0.0486. The third-order valence-electron chi connectivity index (χ3n) is 4.34. The van der Waals surface area contributed by atoms with Crippen molar-refractivity contribution in [1.82, 2.24) is 20.1 Å². The number of hydrogen-bond donors (Lipinski definition) is 2. The highest BCUT2D eigenvalue weighted by molar-refractivity contribution is 7.22. The number of carbonyl (C=O) groups excluding carboxylic acids is 1. The van der Waals surface area contributed by atoms with E-state index < -0.39 is 0 Å². The predicted octanol–water partition coefficient (Wildman–Crippen LogP) is 2.73. The molecule has 1 aliphatic heterocycles. The molecule has 3 heterocycles. The molecule has 2 N–H and O–H groups in total. The topological polar surface area (TPSA) is 71.8 Å². The van der Waals surface area contributed by atoms with E-state index in [1.165, 1.54) is 11.3 Å². The molecule has 6 nitrogen and oxygen atoms in total. The summed E-state index contributed by atoms with van der Waals surface area (Å²) in [6.07, 6.45) is 4.81. The number of nitrogens with one attached hydrogen (secondary N) is 2. The minimum atomic E-state index is 0.0486. The maximum Gasteiger partial charge on any atom is 0.230 e. The van der Waals surface area contributed by atoms with E-state index in [1.807, 2.05) is 29.2 Å². The van der Waals surface area contributed by atoms with Crippen LogP contribution in [0.1, 0.15) is 13.3 Å². The average Bonchev–Trinajstić information content (AvgIpc) is 3.33. The van der Waals surface area contributed by atoms with Crippen molar-refractivity contribution in [1.29, 1.82) is 0 Å². The zero-order valence-corrected chi connectivity index (χ0v) is 14.3. The first-order valence-electron chi connectivity index (χ1n) is 8.18. The van der Waals surface area contributed by atoms with Gasteiger partial charge in [0.05, 0.1) is 22.3 Å². The third kappa shape index (κ3) is 2.92. The molecule has 0 spiro atoms. The van der Waals surface area contributed by atoms with Gasteiger partial charge in [-0.25, -0.2) is 4.98 Å². The Labute approximate surface area is 143 Å². The highest BCUT2D eigenvalue weighted by Gasteiger charge is 2.23. The fraction of sp³-hybridized carbons (Fsp3) is 0.353. The van der Waals surface area contributed by atoms with Crippen molar-refractivity contribution in [2.24, 2.45) is 5.92 Å². The first-order chi connectivity index (χ1) is 11.7. The molecule has 0 radical (unpaired) electrons. The van der Waals surface area contributed by atoms with Crippen molar-refractivity contribution >= 4 is 32.6 Å². The summed E-state index contributed by atoms with van der Waals surface area (Å²) in [7, 11) is 0. The van der Waals surface area contributed by atoms with Crippen molar-refractivity contribution in [3.8, 4) is 11.1 Å². The Kier molecular flexibility index (Phi) is 4.03. The quantitative estimate of drug-likeness (QED) is 0.765. The van der Waals surface area contributed by atoms with Crippen LogP contribution in [-0.2, 0) is 11.3 Å². The van der Waals surface area contributed by atoms with Crippen molar-refractivity contribution in [3.63, 3.8) is 0 Å². The van der Waals surface area contributed by atoms with Crippen LogP contribution in [0.5, 0.6) is 0 Å². The normalized spacial score (nSPS) is 17.5. The van der Waals surface area contributed by atoms with Gasteiger partial charge in [0.1, 0.15) is 0 Å². The Balaban J connectivity index is 1.57. The third-order valence-corrected chi connectivity index (χ3v) is 5.27. The molecular formula is C17H19N5OS. The van der Waals surface area contributed by atoms with Gasteiger partial charge in [-0.15, -0.1) is 0 Å². The monoisotopic (exact) mass is 341 g/mol. The lowest BCUT2D eigenvalue weighted by Crippen LogP contribution is -2.24. The molecule has 0 aliphatic carbocycles. The molecule has 24 heavy (non-hydrogen) atoms. The number of rotatable bonds is 4. The maximum atomic E-state index is 12.2. The second-order valence-corrected chi connectivity index (χ2v) is 7.00. The van der Waals surface area contributed by atoms with Gasteiger partial charge in [-0.1, -0.05) is 17.4 Å². The molecule has 1 saturated heterocycles. The molecule has 1 amide bonds. The molecule has 1 unspecified atom stereocenters. The number of nitrogens with zero attached hydrogens (tertiary/aromatic N) is 3. The van der Waals surface area contributed by atoms with E-state index in [2.05, 4.69) is 33.7 Å². The molecule has 0 saturated carbocycles. The van der Waals surface area contributed by atoms with Crippen molar-refractivity contribution in [3.05, 3.63) is 30.6 Å². The van der Waals surface area contributed by atoms with Gasteiger partial charge < -0.3 is 10.6 Å². The van der Waals surface area contributed by atoms with Crippen LogP contribution in [0.15, 0.2) is 30.6 Å². The Morgan fingerprint density at radius 2 is 2.38 bits per heavy atom. The summed E-state index contributed by atoms with van der Waals surface area (Å²) in [4.78, 5) is 16.7. The fourth-order valence-electron chi connectivity index (χ4n) is 2.93. The Hall–Kier alpha value is -2.25. The number of carbonyl (C=O) groups is 1. The Morgan fingerprint density at radius 1 is 1.46 bits per heavy atom. The summed E-state index contributed by atoms with van der Waals surface area (Å²) in [6.45, 7) is 4.59. The summed E-state index contributed by atoms with van der Waals surface area (Å²) in [5.74, 6) is 0.107.